The van der Waals surface area contributed by atoms with Crippen LogP contribution in [0.5, 0.6) is 11.5 Å². The van der Waals surface area contributed by atoms with Gasteiger partial charge in [0, 0.05) is 33.0 Å². The molecule has 0 atom stereocenters. The number of hydrogen-bond acceptors (Lipinski definition) is 1. The van der Waals surface area contributed by atoms with Gasteiger partial charge in [-0.15, -0.1) is 0 Å². The lowest BCUT2D eigenvalue weighted by Gasteiger charge is -2.42. The van der Waals surface area contributed by atoms with Crippen LogP contribution in [-0.4, -0.2) is 4.57 Å². The van der Waals surface area contributed by atoms with Crippen LogP contribution in [-0.2, 0) is 18.3 Å². The molecular weight excluding hydrogens is 667 g/mol. The number of fused-ring (bicyclic) bond motifs is 9. The third-order valence-electron chi connectivity index (χ3n) is 11.8. The summed E-state index contributed by atoms with van der Waals surface area (Å²) in [5.41, 5.74) is 10.8. The van der Waals surface area contributed by atoms with Gasteiger partial charge in [-0.05, 0) is 93.0 Å². The van der Waals surface area contributed by atoms with Crippen LogP contribution in [0.2, 0.25) is 0 Å². The van der Waals surface area contributed by atoms with E-state index in [1.54, 1.807) is 0 Å². The van der Waals surface area contributed by atoms with Crippen LogP contribution in [0, 0.1) is 0 Å². The lowest BCUT2D eigenvalue weighted by atomic mass is 9.63. The molecule has 0 N–H and O–H groups in total. The fraction of sp³-hybridized carbons (Fsp3) is 0.0566. The summed E-state index contributed by atoms with van der Waals surface area (Å²) in [5, 5.41) is 7.48. The minimum absolute atomic E-state index is 0.420. The zero-order valence-electron chi connectivity index (χ0n) is 30.3. The Morgan fingerprint density at radius 1 is 0.400 bits per heavy atom. The van der Waals surface area contributed by atoms with Crippen LogP contribution in [0.3, 0.4) is 0 Å². The van der Waals surface area contributed by atoms with Gasteiger partial charge in [0.1, 0.15) is 11.5 Å². The Kier molecular flexibility index (Phi) is 7.25. The molecule has 1 aliphatic heterocycles. The number of rotatable bonds is 6. The molecule has 0 fully saturated rings. The van der Waals surface area contributed by atoms with Crippen molar-refractivity contribution >= 4 is 43.4 Å². The van der Waals surface area contributed by atoms with E-state index in [0.717, 1.165) is 24.3 Å². The molecule has 0 spiro atoms. The number of aromatic nitrogens is 1. The SMILES string of the molecule is c1ccc(CC2(Cc3ccc(-c4cccc5c4c4ccccc4n5-c4ccccc4)cc3)c3c(ccc4ccccc34)Oc3ccc4ccccc4c32)cc1. The molecule has 1 aromatic heterocycles. The highest BCUT2D eigenvalue weighted by Gasteiger charge is 2.45. The Bertz CT molecular complexity index is 2960. The lowest BCUT2D eigenvalue weighted by Crippen LogP contribution is -2.37. The number of nitrogens with zero attached hydrogens (tertiary/aromatic N) is 1. The van der Waals surface area contributed by atoms with E-state index in [0.29, 0.717) is 0 Å². The van der Waals surface area contributed by atoms with Crippen LogP contribution in [0.25, 0.3) is 60.2 Å². The largest absolute Gasteiger partial charge is 0.457 e. The van der Waals surface area contributed by atoms with Gasteiger partial charge in [-0.25, -0.2) is 0 Å². The lowest BCUT2D eigenvalue weighted by molar-refractivity contribution is 0.391. The van der Waals surface area contributed by atoms with Gasteiger partial charge in [-0.1, -0.05) is 164 Å². The number of para-hydroxylation sites is 2. The van der Waals surface area contributed by atoms with Gasteiger partial charge in [0.15, 0.2) is 0 Å². The highest BCUT2D eigenvalue weighted by atomic mass is 16.5. The van der Waals surface area contributed by atoms with E-state index in [9.17, 15) is 0 Å². The van der Waals surface area contributed by atoms with Crippen molar-refractivity contribution < 1.29 is 4.74 Å². The molecule has 0 unspecified atom stereocenters. The predicted molar refractivity (Wildman–Crippen MR) is 229 cm³/mol. The third-order valence-corrected chi connectivity index (χ3v) is 11.8. The van der Waals surface area contributed by atoms with Gasteiger partial charge >= 0.3 is 0 Å². The number of ether oxygens (including phenoxy) is 1. The monoisotopic (exact) mass is 703 g/mol. The normalized spacial score (nSPS) is 13.2. The van der Waals surface area contributed by atoms with Crippen molar-refractivity contribution in [3.63, 3.8) is 0 Å². The van der Waals surface area contributed by atoms with Crippen LogP contribution >= 0.6 is 0 Å². The zero-order chi connectivity index (χ0) is 36.3. The Hall–Kier alpha value is -6.90. The summed E-state index contributed by atoms with van der Waals surface area (Å²) in [6, 6.07) is 73.0. The molecule has 2 heteroatoms. The second-order valence-electron chi connectivity index (χ2n) is 14.9. The molecule has 0 bridgehead atoms. The first kappa shape index (κ1) is 31.6. The molecule has 260 valence electrons. The van der Waals surface area contributed by atoms with Gasteiger partial charge in [0.25, 0.3) is 0 Å². The first-order valence-corrected chi connectivity index (χ1v) is 19.2. The van der Waals surface area contributed by atoms with Gasteiger partial charge in [-0.3, -0.25) is 0 Å². The summed E-state index contributed by atoms with van der Waals surface area (Å²) in [7, 11) is 0. The molecule has 0 saturated carbocycles. The Morgan fingerprint density at radius 3 is 1.58 bits per heavy atom. The first-order valence-electron chi connectivity index (χ1n) is 19.2. The van der Waals surface area contributed by atoms with Crippen LogP contribution in [0.4, 0.5) is 0 Å². The van der Waals surface area contributed by atoms with Crippen molar-refractivity contribution in [3.8, 4) is 28.3 Å². The maximum Gasteiger partial charge on any atom is 0.132 e. The molecule has 0 radical (unpaired) electrons. The van der Waals surface area contributed by atoms with Gasteiger partial charge < -0.3 is 9.30 Å². The van der Waals surface area contributed by atoms with Crippen LogP contribution < -0.4 is 4.74 Å². The van der Waals surface area contributed by atoms with Gasteiger partial charge in [0.2, 0.25) is 0 Å². The van der Waals surface area contributed by atoms with Crippen molar-refractivity contribution in [2.24, 2.45) is 0 Å². The fourth-order valence-corrected chi connectivity index (χ4v) is 9.53. The highest BCUT2D eigenvalue weighted by molar-refractivity contribution is 6.15. The zero-order valence-corrected chi connectivity index (χ0v) is 30.3. The van der Waals surface area contributed by atoms with Gasteiger partial charge in [-0.2, -0.15) is 0 Å². The molecule has 1 aliphatic rings. The molecule has 2 heterocycles. The molecule has 11 rings (SSSR count). The summed E-state index contributed by atoms with van der Waals surface area (Å²) < 4.78 is 9.30. The maximum absolute atomic E-state index is 6.91. The Balaban J connectivity index is 1.12. The van der Waals surface area contributed by atoms with E-state index in [-0.39, 0.29) is 0 Å². The van der Waals surface area contributed by atoms with E-state index in [4.69, 9.17) is 4.74 Å². The summed E-state index contributed by atoms with van der Waals surface area (Å²) in [6.45, 7) is 0. The smallest absolute Gasteiger partial charge is 0.132 e. The highest BCUT2D eigenvalue weighted by Crippen LogP contribution is 2.56. The summed E-state index contributed by atoms with van der Waals surface area (Å²) in [6.07, 6.45) is 1.64. The quantitative estimate of drug-likeness (QED) is 0.168. The molecule has 9 aromatic carbocycles. The molecule has 0 saturated heterocycles. The summed E-state index contributed by atoms with van der Waals surface area (Å²) >= 11 is 0. The van der Waals surface area contributed by atoms with E-state index in [1.807, 2.05) is 0 Å². The molecule has 2 nitrogen and oxygen atoms in total. The number of hydrogen-bond donors (Lipinski definition) is 0. The molecule has 0 aliphatic carbocycles. The van der Waals surface area contributed by atoms with Crippen molar-refractivity contribution in [2.45, 2.75) is 18.3 Å². The van der Waals surface area contributed by atoms with E-state index in [1.165, 1.54) is 82.4 Å². The average Bonchev–Trinajstić information content (AvgIpc) is 3.59. The molecule has 55 heavy (non-hydrogen) atoms. The second kappa shape index (κ2) is 12.6. The van der Waals surface area contributed by atoms with E-state index >= 15 is 0 Å². The Labute approximate surface area is 320 Å². The third kappa shape index (κ3) is 5.02. The molecule has 10 aromatic rings. The fourth-order valence-electron chi connectivity index (χ4n) is 9.53. The van der Waals surface area contributed by atoms with Gasteiger partial charge in [0.05, 0.1) is 11.0 Å². The van der Waals surface area contributed by atoms with Crippen LogP contribution in [0.1, 0.15) is 22.3 Å². The van der Waals surface area contributed by atoms with Crippen molar-refractivity contribution in [3.05, 3.63) is 222 Å². The minimum atomic E-state index is -0.420. The maximum atomic E-state index is 6.91. The van der Waals surface area contributed by atoms with E-state index < -0.39 is 5.41 Å². The topological polar surface area (TPSA) is 14.2 Å². The second-order valence-corrected chi connectivity index (χ2v) is 14.9. The predicted octanol–water partition coefficient (Wildman–Crippen LogP) is 13.6. The van der Waals surface area contributed by atoms with Crippen molar-refractivity contribution in [1.82, 2.24) is 4.57 Å². The first-order chi connectivity index (χ1) is 27.2. The standard InChI is InChI=1S/C53H37NO/c1-3-14-36(15-4-1)34-53(51-43-20-9-7-16-38(43)30-32-48(51)55-49-33-31-39-17-8-10-21-44(39)52(49)53)35-37-26-28-40(29-27-37)42-23-13-25-47-50(42)45-22-11-12-24-46(45)54(47)41-18-5-2-6-19-41/h1-33H,34-35H2. The summed E-state index contributed by atoms with van der Waals surface area (Å²) in [4.78, 5) is 0. The number of benzene rings is 9. The summed E-state index contributed by atoms with van der Waals surface area (Å²) in [5.74, 6) is 1.88. The molecular formula is C53H37NO. The molecule has 0 amide bonds. The van der Waals surface area contributed by atoms with Crippen molar-refractivity contribution in [1.29, 1.82) is 0 Å². The van der Waals surface area contributed by atoms with E-state index in [2.05, 4.69) is 205 Å². The Morgan fingerprint density at radius 2 is 0.927 bits per heavy atom. The van der Waals surface area contributed by atoms with Crippen LogP contribution in [0.15, 0.2) is 200 Å². The average molecular weight is 704 g/mol. The minimum Gasteiger partial charge on any atom is -0.457 e. The van der Waals surface area contributed by atoms with Crippen molar-refractivity contribution in [2.75, 3.05) is 0 Å².